The third-order valence-corrected chi connectivity index (χ3v) is 5.57. The molecular weight excluding hydrogens is 355 g/mol. The van der Waals surface area contributed by atoms with E-state index in [4.69, 9.17) is 11.6 Å². The molecule has 0 bridgehead atoms. The van der Waals surface area contributed by atoms with Crippen molar-refractivity contribution in [3.8, 4) is 0 Å². The molecule has 1 unspecified atom stereocenters. The Hall–Kier alpha value is -1.62. The summed E-state index contributed by atoms with van der Waals surface area (Å²) in [5.74, 6) is -0.739. The van der Waals surface area contributed by atoms with Crippen LogP contribution in [0.5, 0.6) is 0 Å². The number of hydrogen-bond donors (Lipinski definition) is 0. The normalized spacial score (nSPS) is 20.7. The molecule has 26 heavy (non-hydrogen) atoms. The first-order valence-electron chi connectivity index (χ1n) is 9.28. The van der Waals surface area contributed by atoms with E-state index in [9.17, 15) is 14.0 Å². The summed E-state index contributed by atoms with van der Waals surface area (Å²) in [5.41, 5.74) is 0.570. The predicted molar refractivity (Wildman–Crippen MR) is 101 cm³/mol. The fourth-order valence-electron chi connectivity index (χ4n) is 3.92. The standard InChI is InChI=1S/C20H26ClFN2O2/c1-20(2,3)19(26)23-10-4-6-13(12-23)18(25)24-11-5-7-14-15(21)8-9-16(22)17(14)24/h8-9,13H,4-7,10-12H2,1-3H3. The van der Waals surface area contributed by atoms with Crippen molar-refractivity contribution in [2.24, 2.45) is 11.3 Å². The minimum Gasteiger partial charge on any atom is -0.341 e. The second-order valence-electron chi connectivity index (χ2n) is 8.29. The van der Waals surface area contributed by atoms with Gasteiger partial charge in [0.1, 0.15) is 5.82 Å². The second kappa shape index (κ2) is 7.18. The summed E-state index contributed by atoms with van der Waals surface area (Å²) < 4.78 is 14.5. The lowest BCUT2D eigenvalue weighted by Crippen LogP contribution is -2.50. The first kappa shape index (κ1) is 19.2. The number of carbonyl (C=O) groups is 2. The number of nitrogens with zero attached hydrogens (tertiary/aromatic N) is 2. The molecule has 2 heterocycles. The zero-order valence-corrected chi connectivity index (χ0v) is 16.4. The number of piperidine rings is 1. The van der Waals surface area contributed by atoms with Gasteiger partial charge >= 0.3 is 0 Å². The van der Waals surface area contributed by atoms with Gasteiger partial charge in [0.15, 0.2) is 0 Å². The van der Waals surface area contributed by atoms with Crippen LogP contribution in [0.25, 0.3) is 0 Å². The highest BCUT2D eigenvalue weighted by Crippen LogP contribution is 2.36. The molecule has 6 heteroatoms. The van der Waals surface area contributed by atoms with Crippen molar-refractivity contribution in [1.82, 2.24) is 4.90 Å². The topological polar surface area (TPSA) is 40.6 Å². The van der Waals surface area contributed by atoms with Gasteiger partial charge in [-0.25, -0.2) is 4.39 Å². The van der Waals surface area contributed by atoms with Crippen molar-refractivity contribution in [2.75, 3.05) is 24.5 Å². The number of anilines is 1. The van der Waals surface area contributed by atoms with E-state index in [1.165, 1.54) is 6.07 Å². The van der Waals surface area contributed by atoms with E-state index < -0.39 is 11.2 Å². The summed E-state index contributed by atoms with van der Waals surface area (Å²) in [4.78, 5) is 29.1. The average molecular weight is 381 g/mol. The monoisotopic (exact) mass is 380 g/mol. The van der Waals surface area contributed by atoms with E-state index in [0.717, 1.165) is 19.3 Å². The van der Waals surface area contributed by atoms with Crippen molar-refractivity contribution in [3.63, 3.8) is 0 Å². The molecule has 4 nitrogen and oxygen atoms in total. The van der Waals surface area contributed by atoms with Crippen LogP contribution in [0.15, 0.2) is 12.1 Å². The number of benzene rings is 1. The fourth-order valence-corrected chi connectivity index (χ4v) is 4.16. The highest BCUT2D eigenvalue weighted by molar-refractivity contribution is 6.32. The van der Waals surface area contributed by atoms with E-state index in [1.807, 2.05) is 20.8 Å². The molecule has 0 N–H and O–H groups in total. The van der Waals surface area contributed by atoms with Crippen molar-refractivity contribution in [3.05, 3.63) is 28.5 Å². The third-order valence-electron chi connectivity index (χ3n) is 5.22. The lowest BCUT2D eigenvalue weighted by Gasteiger charge is -2.39. The van der Waals surface area contributed by atoms with Gasteiger partial charge in [0.2, 0.25) is 11.8 Å². The molecule has 0 aliphatic carbocycles. The number of hydrogen-bond acceptors (Lipinski definition) is 2. The van der Waals surface area contributed by atoms with Gasteiger partial charge in [-0.15, -0.1) is 0 Å². The summed E-state index contributed by atoms with van der Waals surface area (Å²) in [6, 6.07) is 2.87. The van der Waals surface area contributed by atoms with Crippen LogP contribution in [0.4, 0.5) is 10.1 Å². The number of rotatable bonds is 1. The van der Waals surface area contributed by atoms with E-state index in [1.54, 1.807) is 15.9 Å². The molecule has 3 rings (SSSR count). The van der Waals surface area contributed by atoms with Crippen molar-refractivity contribution in [2.45, 2.75) is 46.5 Å². The molecule has 1 aromatic carbocycles. The number of halogens is 2. The maximum Gasteiger partial charge on any atom is 0.231 e. The Morgan fingerprint density at radius 2 is 1.92 bits per heavy atom. The SMILES string of the molecule is CC(C)(C)C(=O)N1CCCC(C(=O)N2CCCc3c(Cl)ccc(F)c32)C1. The number of carbonyl (C=O) groups excluding carboxylic acids is 2. The van der Waals surface area contributed by atoms with Gasteiger partial charge in [-0.3, -0.25) is 9.59 Å². The maximum absolute atomic E-state index is 14.5. The van der Waals surface area contributed by atoms with Gasteiger partial charge < -0.3 is 9.80 Å². The zero-order valence-electron chi connectivity index (χ0n) is 15.6. The highest BCUT2D eigenvalue weighted by Gasteiger charge is 2.37. The molecule has 1 fully saturated rings. The average Bonchev–Trinajstić information content (AvgIpc) is 2.62. The van der Waals surface area contributed by atoms with Crippen LogP contribution in [0.3, 0.4) is 0 Å². The Labute approximate surface area is 159 Å². The van der Waals surface area contributed by atoms with Crippen LogP contribution in [-0.2, 0) is 16.0 Å². The van der Waals surface area contributed by atoms with Gasteiger partial charge in [0.05, 0.1) is 11.6 Å². The molecule has 2 aliphatic rings. The van der Waals surface area contributed by atoms with Gasteiger partial charge in [0.25, 0.3) is 0 Å². The van der Waals surface area contributed by atoms with Crippen molar-refractivity contribution < 1.29 is 14.0 Å². The van der Waals surface area contributed by atoms with Gasteiger partial charge in [-0.1, -0.05) is 32.4 Å². The predicted octanol–water partition coefficient (Wildman–Crippen LogP) is 4.04. The van der Waals surface area contributed by atoms with Crippen LogP contribution >= 0.6 is 11.6 Å². The lowest BCUT2D eigenvalue weighted by atomic mass is 9.90. The largest absolute Gasteiger partial charge is 0.341 e. The fraction of sp³-hybridized carbons (Fsp3) is 0.600. The Balaban J connectivity index is 1.83. The van der Waals surface area contributed by atoms with Crippen LogP contribution in [0, 0.1) is 17.2 Å². The second-order valence-corrected chi connectivity index (χ2v) is 8.70. The van der Waals surface area contributed by atoms with Crippen LogP contribution in [0.2, 0.25) is 5.02 Å². The van der Waals surface area contributed by atoms with Crippen molar-refractivity contribution >= 4 is 29.1 Å². The molecule has 1 atom stereocenters. The maximum atomic E-state index is 14.5. The molecule has 0 saturated carbocycles. The molecule has 0 aromatic heterocycles. The van der Waals surface area contributed by atoms with Gasteiger partial charge in [-0.2, -0.15) is 0 Å². The van der Waals surface area contributed by atoms with Crippen LogP contribution < -0.4 is 4.90 Å². The number of amides is 2. The summed E-state index contributed by atoms with van der Waals surface area (Å²) in [7, 11) is 0. The van der Waals surface area contributed by atoms with E-state index >= 15 is 0 Å². The minimum atomic E-state index is -0.470. The summed E-state index contributed by atoms with van der Waals surface area (Å²) in [6.07, 6.45) is 2.95. The number of fused-ring (bicyclic) bond motifs is 1. The molecule has 0 radical (unpaired) electrons. The Morgan fingerprint density at radius 3 is 2.62 bits per heavy atom. The quantitative estimate of drug-likeness (QED) is 0.737. The van der Waals surface area contributed by atoms with Crippen molar-refractivity contribution in [1.29, 1.82) is 0 Å². The molecule has 2 amide bonds. The van der Waals surface area contributed by atoms with E-state index in [0.29, 0.717) is 42.3 Å². The zero-order chi connectivity index (χ0) is 19.1. The molecule has 0 spiro atoms. The minimum absolute atomic E-state index is 0.0586. The molecule has 1 aromatic rings. The van der Waals surface area contributed by atoms with E-state index in [-0.39, 0.29) is 17.7 Å². The summed E-state index contributed by atoms with van der Waals surface area (Å²) >= 11 is 6.23. The first-order valence-corrected chi connectivity index (χ1v) is 9.65. The number of likely N-dealkylation sites (tertiary alicyclic amines) is 1. The molecule has 142 valence electrons. The Morgan fingerprint density at radius 1 is 1.19 bits per heavy atom. The lowest BCUT2D eigenvalue weighted by molar-refractivity contribution is -0.142. The van der Waals surface area contributed by atoms with Crippen LogP contribution in [0.1, 0.15) is 45.6 Å². The molecule has 1 saturated heterocycles. The first-order chi connectivity index (χ1) is 12.2. The smallest absolute Gasteiger partial charge is 0.231 e. The van der Waals surface area contributed by atoms with Gasteiger partial charge in [0, 0.05) is 30.1 Å². The van der Waals surface area contributed by atoms with E-state index in [2.05, 4.69) is 0 Å². The molecule has 2 aliphatic heterocycles. The third kappa shape index (κ3) is 3.59. The Bertz CT molecular complexity index is 729. The summed E-state index contributed by atoms with van der Waals surface area (Å²) in [6.45, 7) is 7.24. The molecular formula is C20H26ClFN2O2. The highest BCUT2D eigenvalue weighted by atomic mass is 35.5. The Kier molecular flexibility index (Phi) is 5.29. The summed E-state index contributed by atoms with van der Waals surface area (Å²) in [5, 5.41) is 0.507. The van der Waals surface area contributed by atoms with Gasteiger partial charge in [-0.05, 0) is 43.4 Å². The van der Waals surface area contributed by atoms with Crippen LogP contribution in [-0.4, -0.2) is 36.3 Å².